The van der Waals surface area contributed by atoms with Crippen molar-refractivity contribution in [2.45, 2.75) is 77.2 Å². The maximum Gasteiger partial charge on any atom is 0.416 e. The van der Waals surface area contributed by atoms with Crippen LogP contribution in [0.3, 0.4) is 0 Å². The molecule has 0 saturated heterocycles. The summed E-state index contributed by atoms with van der Waals surface area (Å²) in [5, 5.41) is 10.4. The summed E-state index contributed by atoms with van der Waals surface area (Å²) in [4.78, 5) is 2.49. The molecule has 0 aliphatic rings. The van der Waals surface area contributed by atoms with Crippen molar-refractivity contribution in [2.24, 2.45) is 5.92 Å². The SMILES string of the molecule is CC(CCC(C#N)(c1ccc(C(F)(F)F)cc1)C(C)C)N(C(C)c1ccccc1)C(C)c1ccccc1. The molecular formula is C32H37F3N2. The van der Waals surface area contributed by atoms with Gasteiger partial charge in [0, 0.05) is 18.1 Å². The Kier molecular flexibility index (Phi) is 9.21. The second-order valence-corrected chi connectivity index (χ2v) is 10.3. The summed E-state index contributed by atoms with van der Waals surface area (Å²) in [5.74, 6) is -0.0621. The Morgan fingerprint density at radius 2 is 1.14 bits per heavy atom. The van der Waals surface area contributed by atoms with Gasteiger partial charge in [-0.1, -0.05) is 86.6 Å². The Morgan fingerprint density at radius 3 is 1.51 bits per heavy atom. The van der Waals surface area contributed by atoms with E-state index in [1.807, 2.05) is 50.2 Å². The van der Waals surface area contributed by atoms with Crippen molar-refractivity contribution in [2.75, 3.05) is 0 Å². The van der Waals surface area contributed by atoms with Crippen LogP contribution in [0.4, 0.5) is 13.2 Å². The van der Waals surface area contributed by atoms with Gasteiger partial charge >= 0.3 is 6.18 Å². The lowest BCUT2D eigenvalue weighted by Crippen LogP contribution is -2.40. The third-order valence-electron chi connectivity index (χ3n) is 7.84. The van der Waals surface area contributed by atoms with Gasteiger partial charge in [0.2, 0.25) is 0 Å². The molecule has 0 aliphatic carbocycles. The second kappa shape index (κ2) is 12.0. The molecule has 4 unspecified atom stereocenters. The third kappa shape index (κ3) is 6.43. The van der Waals surface area contributed by atoms with E-state index < -0.39 is 17.2 Å². The van der Waals surface area contributed by atoms with Gasteiger partial charge in [0.25, 0.3) is 0 Å². The van der Waals surface area contributed by atoms with Gasteiger partial charge in [-0.15, -0.1) is 0 Å². The lowest BCUT2D eigenvalue weighted by atomic mass is 9.69. The quantitative estimate of drug-likeness (QED) is 0.274. The van der Waals surface area contributed by atoms with Gasteiger partial charge in [-0.25, -0.2) is 0 Å². The molecule has 196 valence electrons. The minimum Gasteiger partial charge on any atom is -0.287 e. The van der Waals surface area contributed by atoms with Crippen LogP contribution in [-0.4, -0.2) is 10.9 Å². The fourth-order valence-electron chi connectivity index (χ4n) is 5.46. The van der Waals surface area contributed by atoms with E-state index in [9.17, 15) is 18.4 Å². The first-order valence-electron chi connectivity index (χ1n) is 13.0. The first-order valence-corrected chi connectivity index (χ1v) is 13.0. The van der Waals surface area contributed by atoms with E-state index in [2.05, 4.69) is 56.0 Å². The van der Waals surface area contributed by atoms with Gasteiger partial charge in [-0.05, 0) is 68.4 Å². The van der Waals surface area contributed by atoms with E-state index in [-0.39, 0.29) is 24.0 Å². The van der Waals surface area contributed by atoms with E-state index in [0.29, 0.717) is 12.0 Å². The number of rotatable bonds is 10. The Bertz CT molecular complexity index is 1110. The van der Waals surface area contributed by atoms with Crippen molar-refractivity contribution in [1.82, 2.24) is 4.90 Å². The van der Waals surface area contributed by atoms with Crippen LogP contribution in [-0.2, 0) is 11.6 Å². The Labute approximate surface area is 219 Å². The van der Waals surface area contributed by atoms with Crippen molar-refractivity contribution in [3.63, 3.8) is 0 Å². The zero-order chi connectivity index (χ0) is 27.2. The molecule has 0 spiro atoms. The van der Waals surface area contributed by atoms with Crippen molar-refractivity contribution < 1.29 is 13.2 Å². The maximum atomic E-state index is 13.2. The Morgan fingerprint density at radius 1 is 0.703 bits per heavy atom. The van der Waals surface area contributed by atoms with Crippen LogP contribution in [0, 0.1) is 17.2 Å². The summed E-state index contributed by atoms with van der Waals surface area (Å²) in [6.07, 6.45) is -3.13. The lowest BCUT2D eigenvalue weighted by molar-refractivity contribution is -0.137. The molecule has 0 N–H and O–H groups in total. The average molecular weight is 507 g/mol. The highest BCUT2D eigenvalue weighted by Crippen LogP contribution is 2.41. The summed E-state index contributed by atoms with van der Waals surface area (Å²) < 4.78 is 39.5. The highest BCUT2D eigenvalue weighted by molar-refractivity contribution is 5.36. The standard InChI is InChI=1S/C32H37F3N2/c1-23(2)31(22-36,29-16-18-30(19-17-29)32(33,34)35)21-20-24(3)37(25(4)27-12-8-6-9-13-27)26(5)28-14-10-7-11-15-28/h6-19,23-26H,20-21H2,1-5H3. The van der Waals surface area contributed by atoms with Crippen LogP contribution in [0.15, 0.2) is 84.9 Å². The number of hydrogen-bond acceptors (Lipinski definition) is 2. The van der Waals surface area contributed by atoms with E-state index in [1.165, 1.54) is 23.3 Å². The van der Waals surface area contributed by atoms with Crippen LogP contribution >= 0.6 is 0 Å². The highest BCUT2D eigenvalue weighted by atomic mass is 19.4. The summed E-state index contributed by atoms with van der Waals surface area (Å²) >= 11 is 0. The molecule has 0 bridgehead atoms. The molecule has 0 heterocycles. The lowest BCUT2D eigenvalue weighted by Gasteiger charge is -2.41. The van der Waals surface area contributed by atoms with Gasteiger partial charge in [-0.2, -0.15) is 18.4 Å². The zero-order valence-corrected chi connectivity index (χ0v) is 22.3. The fourth-order valence-corrected chi connectivity index (χ4v) is 5.46. The van der Waals surface area contributed by atoms with Crippen LogP contribution in [0.25, 0.3) is 0 Å². The minimum atomic E-state index is -4.40. The Hall–Kier alpha value is -3.10. The second-order valence-electron chi connectivity index (χ2n) is 10.3. The zero-order valence-electron chi connectivity index (χ0n) is 22.3. The number of halogens is 3. The smallest absolute Gasteiger partial charge is 0.287 e. The number of alkyl halides is 3. The van der Waals surface area contributed by atoms with Gasteiger partial charge in [0.1, 0.15) is 0 Å². The van der Waals surface area contributed by atoms with Crippen molar-refractivity contribution in [3.05, 3.63) is 107 Å². The molecule has 3 rings (SSSR count). The molecule has 2 nitrogen and oxygen atoms in total. The highest BCUT2D eigenvalue weighted by Gasteiger charge is 2.38. The van der Waals surface area contributed by atoms with E-state index >= 15 is 0 Å². The summed E-state index contributed by atoms with van der Waals surface area (Å²) in [6, 6.07) is 28.8. The average Bonchev–Trinajstić information content (AvgIpc) is 2.90. The predicted octanol–water partition coefficient (Wildman–Crippen LogP) is 9.12. The van der Waals surface area contributed by atoms with Gasteiger partial charge in [0.05, 0.1) is 17.0 Å². The molecule has 5 heteroatoms. The van der Waals surface area contributed by atoms with Crippen LogP contribution in [0.5, 0.6) is 0 Å². The van der Waals surface area contributed by atoms with Crippen molar-refractivity contribution in [3.8, 4) is 6.07 Å². The molecular weight excluding hydrogens is 469 g/mol. The first kappa shape index (κ1) is 28.5. The largest absolute Gasteiger partial charge is 0.416 e. The molecule has 0 aliphatic heterocycles. The molecule has 0 saturated carbocycles. The van der Waals surface area contributed by atoms with Gasteiger partial charge in [-0.3, -0.25) is 4.90 Å². The maximum absolute atomic E-state index is 13.2. The molecule has 4 atom stereocenters. The molecule has 0 radical (unpaired) electrons. The number of nitrogens with zero attached hydrogens (tertiary/aromatic N) is 2. The van der Waals surface area contributed by atoms with Crippen LogP contribution in [0.2, 0.25) is 0 Å². The molecule has 0 amide bonds. The van der Waals surface area contributed by atoms with Crippen molar-refractivity contribution >= 4 is 0 Å². The molecule has 37 heavy (non-hydrogen) atoms. The normalized spacial score (nSPS) is 16.1. The molecule has 0 aromatic heterocycles. The molecule has 0 fully saturated rings. The predicted molar refractivity (Wildman–Crippen MR) is 144 cm³/mol. The summed E-state index contributed by atoms with van der Waals surface area (Å²) in [7, 11) is 0. The van der Waals surface area contributed by atoms with Crippen LogP contribution < -0.4 is 0 Å². The van der Waals surface area contributed by atoms with Crippen LogP contribution in [0.1, 0.15) is 81.8 Å². The molecule has 3 aromatic rings. The summed E-state index contributed by atoms with van der Waals surface area (Å²) in [5.41, 5.74) is 1.50. The minimum absolute atomic E-state index is 0.0621. The first-order chi connectivity index (χ1) is 17.5. The summed E-state index contributed by atoms with van der Waals surface area (Å²) in [6.45, 7) is 10.6. The van der Waals surface area contributed by atoms with Gasteiger partial charge < -0.3 is 0 Å². The monoisotopic (exact) mass is 506 g/mol. The van der Waals surface area contributed by atoms with E-state index in [0.717, 1.165) is 18.6 Å². The fraction of sp³-hybridized carbons (Fsp3) is 0.406. The van der Waals surface area contributed by atoms with E-state index in [4.69, 9.17) is 0 Å². The topological polar surface area (TPSA) is 27.0 Å². The van der Waals surface area contributed by atoms with Gasteiger partial charge in [0.15, 0.2) is 0 Å². The number of nitriles is 1. The van der Waals surface area contributed by atoms with E-state index in [1.54, 1.807) is 0 Å². The third-order valence-corrected chi connectivity index (χ3v) is 7.84. The number of benzene rings is 3. The van der Waals surface area contributed by atoms with Crippen molar-refractivity contribution in [1.29, 1.82) is 5.26 Å². The molecule has 3 aromatic carbocycles. The number of hydrogen-bond donors (Lipinski definition) is 0. The Balaban J connectivity index is 1.92.